The Morgan fingerprint density at radius 3 is 2.59 bits per heavy atom. The number of benzene rings is 3. The molecule has 2 saturated heterocycles. The summed E-state index contributed by atoms with van der Waals surface area (Å²) >= 11 is 6.25. The number of fused-ring (bicyclic) bond motifs is 2. The van der Waals surface area contributed by atoms with Gasteiger partial charge in [0.25, 0.3) is 21.6 Å². The number of ether oxygens (including phenoxy) is 3. The van der Waals surface area contributed by atoms with E-state index in [1.807, 2.05) is 18.2 Å². The predicted molar refractivity (Wildman–Crippen MR) is 246 cm³/mol. The highest BCUT2D eigenvalue weighted by Crippen LogP contribution is 2.44. The van der Waals surface area contributed by atoms with Crippen LogP contribution < -0.4 is 24.4 Å². The van der Waals surface area contributed by atoms with Gasteiger partial charge in [0.05, 0.1) is 27.6 Å². The first kappa shape index (κ1) is 43.6. The maximum atomic E-state index is 14.1. The third kappa shape index (κ3) is 9.70. The van der Waals surface area contributed by atoms with Gasteiger partial charge >= 0.3 is 0 Å². The Bertz CT molecular complexity index is 2710. The molecular weight excluding hydrogens is 858 g/mol. The van der Waals surface area contributed by atoms with Crippen LogP contribution in [0.5, 0.6) is 17.2 Å². The van der Waals surface area contributed by atoms with Gasteiger partial charge in [-0.1, -0.05) is 43.2 Å². The van der Waals surface area contributed by atoms with E-state index >= 15 is 0 Å². The van der Waals surface area contributed by atoms with Crippen LogP contribution in [-0.2, 0) is 14.8 Å². The predicted octanol–water partition coefficient (Wildman–Crippen LogP) is 8.81. The van der Waals surface area contributed by atoms with Crippen molar-refractivity contribution in [3.8, 4) is 17.2 Å². The van der Waals surface area contributed by atoms with Crippen molar-refractivity contribution in [1.82, 2.24) is 19.6 Å². The molecule has 3 aliphatic heterocycles. The number of aromatic amines is 1. The molecule has 17 heteroatoms. The molecule has 3 aromatic carbocycles. The summed E-state index contributed by atoms with van der Waals surface area (Å²) in [6.45, 7) is 10.1. The first-order chi connectivity index (χ1) is 30.8. The van der Waals surface area contributed by atoms with Crippen molar-refractivity contribution in [3.63, 3.8) is 0 Å². The molecular formula is C47H52ClN7O8S. The van der Waals surface area contributed by atoms with E-state index in [-0.39, 0.29) is 40.8 Å². The fraction of sp³-hybridized carbons (Fsp3) is 0.404. The zero-order valence-corrected chi connectivity index (χ0v) is 37.5. The number of nitrogens with one attached hydrogen (secondary N) is 3. The van der Waals surface area contributed by atoms with Crippen LogP contribution in [0.4, 0.5) is 17.1 Å². The lowest BCUT2D eigenvalue weighted by molar-refractivity contribution is -0.384. The smallest absolute Gasteiger partial charge is 0.297 e. The SMILES string of the molecule is CC1(C)CCC(CN2CCN(c3ccc(C(=O)NS(=O)(=O)c4cc5c(c([N+](=O)[O-])c4)NC(CC4CCOCC4)CO5)c(Oc4cnc5[nH]ccc5c4)c3)CC2)=C(c2ccc(Cl)cc2)C1. The van der Waals surface area contributed by atoms with Gasteiger partial charge in [-0.15, -0.1) is 0 Å². The lowest BCUT2D eigenvalue weighted by atomic mass is 9.72. The summed E-state index contributed by atoms with van der Waals surface area (Å²) < 4.78 is 47.7. The number of sulfonamides is 1. The van der Waals surface area contributed by atoms with Crippen molar-refractivity contribution < 1.29 is 32.3 Å². The fourth-order valence-electron chi connectivity index (χ4n) is 9.30. The molecule has 1 aliphatic carbocycles. The summed E-state index contributed by atoms with van der Waals surface area (Å²) in [5.41, 5.74) is 5.37. The van der Waals surface area contributed by atoms with Crippen molar-refractivity contribution >= 4 is 61.2 Å². The number of rotatable bonds is 12. The van der Waals surface area contributed by atoms with Crippen molar-refractivity contribution in [3.05, 3.63) is 111 Å². The molecule has 1 unspecified atom stereocenters. The second-order valence-electron chi connectivity index (χ2n) is 18.0. The molecule has 0 saturated carbocycles. The Hall–Kier alpha value is -5.68. The Balaban J connectivity index is 0.938. The van der Waals surface area contributed by atoms with E-state index in [1.165, 1.54) is 35.0 Å². The third-order valence-electron chi connectivity index (χ3n) is 12.9. The summed E-state index contributed by atoms with van der Waals surface area (Å²) in [6.07, 6.45) is 8.98. The van der Waals surface area contributed by atoms with Gasteiger partial charge in [0, 0.05) is 86.4 Å². The number of halogens is 1. The van der Waals surface area contributed by atoms with E-state index in [0.717, 1.165) is 93.4 Å². The maximum Gasteiger partial charge on any atom is 0.297 e. The maximum absolute atomic E-state index is 14.1. The van der Waals surface area contributed by atoms with Crippen molar-refractivity contribution in [2.75, 3.05) is 62.8 Å². The number of hydrogen-bond donors (Lipinski definition) is 3. The number of piperazine rings is 1. The summed E-state index contributed by atoms with van der Waals surface area (Å²) in [7, 11) is -4.65. The molecule has 2 fully saturated rings. The third-order valence-corrected chi connectivity index (χ3v) is 14.4. The number of allylic oxidation sites excluding steroid dienone is 1. The van der Waals surface area contributed by atoms with Gasteiger partial charge in [-0.05, 0) is 97.4 Å². The minimum Gasteiger partial charge on any atom is -0.489 e. The molecule has 5 heterocycles. The number of anilines is 2. The molecule has 0 radical (unpaired) electrons. The number of H-pyrrole nitrogens is 1. The summed E-state index contributed by atoms with van der Waals surface area (Å²) in [4.78, 5) is 37.4. The van der Waals surface area contributed by atoms with Crippen LogP contribution in [0.1, 0.15) is 68.3 Å². The molecule has 336 valence electrons. The van der Waals surface area contributed by atoms with Gasteiger partial charge < -0.3 is 29.4 Å². The highest BCUT2D eigenvalue weighted by atomic mass is 35.5. The average molecular weight is 910 g/mol. The van der Waals surface area contributed by atoms with Crippen LogP contribution in [0.3, 0.4) is 0 Å². The summed E-state index contributed by atoms with van der Waals surface area (Å²) in [5, 5.41) is 17.0. The second kappa shape index (κ2) is 18.1. The van der Waals surface area contributed by atoms with Crippen LogP contribution in [0.2, 0.25) is 5.02 Å². The van der Waals surface area contributed by atoms with Crippen LogP contribution in [0, 0.1) is 21.4 Å². The molecule has 4 aliphatic rings. The van der Waals surface area contributed by atoms with Crippen molar-refractivity contribution in [2.45, 2.75) is 63.3 Å². The molecule has 0 spiro atoms. The molecule has 0 bridgehead atoms. The van der Waals surface area contributed by atoms with Crippen molar-refractivity contribution in [2.24, 2.45) is 11.3 Å². The topological polar surface area (TPSA) is 181 Å². The second-order valence-corrected chi connectivity index (χ2v) is 20.1. The van der Waals surface area contributed by atoms with Gasteiger partial charge in [-0.3, -0.25) is 19.8 Å². The van der Waals surface area contributed by atoms with Crippen LogP contribution in [0.15, 0.2) is 89.6 Å². The number of carbonyl (C=O) groups is 1. The molecule has 1 amide bonds. The standard InChI is InChI=1S/C47H52ClN7O8S/c1-47(2)13-9-33(40(26-47)31-3-5-34(48)6-4-31)28-53-15-17-54(18-16-53)36-7-8-39(42(23-36)63-37-22-32-10-14-49-45(32)50-27-37)46(56)52-64(59,60)38-24-41(55(57)58)44-43(25-38)62-29-35(51-44)21-30-11-19-61-20-12-30/h3-8,10,14,22-25,27,30,35,51H,9,11-13,15-21,26,28-29H2,1-2H3,(H,49,50)(H,52,56). The highest BCUT2D eigenvalue weighted by molar-refractivity contribution is 7.90. The number of pyridine rings is 1. The largest absolute Gasteiger partial charge is 0.489 e. The summed E-state index contributed by atoms with van der Waals surface area (Å²) in [5.74, 6) is -0.113. The normalized spacial score (nSPS) is 19.4. The van der Waals surface area contributed by atoms with Gasteiger partial charge in [-0.25, -0.2) is 18.1 Å². The molecule has 64 heavy (non-hydrogen) atoms. The zero-order chi connectivity index (χ0) is 44.6. The average Bonchev–Trinajstić information content (AvgIpc) is 3.75. The molecule has 2 aromatic heterocycles. The van der Waals surface area contributed by atoms with Crippen molar-refractivity contribution in [1.29, 1.82) is 0 Å². The number of nitro benzene ring substituents is 1. The molecule has 15 nitrogen and oxygen atoms in total. The molecule has 5 aromatic rings. The minimum atomic E-state index is -4.65. The van der Waals surface area contributed by atoms with E-state index in [4.69, 9.17) is 25.8 Å². The van der Waals surface area contributed by atoms with Gasteiger partial charge in [0.15, 0.2) is 11.4 Å². The monoisotopic (exact) mass is 909 g/mol. The minimum absolute atomic E-state index is 0.0211. The Kier molecular flexibility index (Phi) is 12.3. The quantitative estimate of drug-likeness (QED) is 0.0801. The van der Waals surface area contributed by atoms with E-state index in [2.05, 4.69) is 55.8 Å². The number of nitro groups is 1. The zero-order valence-electron chi connectivity index (χ0n) is 35.9. The summed E-state index contributed by atoms with van der Waals surface area (Å²) in [6, 6.07) is 18.8. The molecule has 3 N–H and O–H groups in total. The van der Waals surface area contributed by atoms with E-state index < -0.39 is 31.4 Å². The first-order valence-electron chi connectivity index (χ1n) is 21.8. The Morgan fingerprint density at radius 2 is 1.83 bits per heavy atom. The van der Waals surface area contributed by atoms with Gasteiger partial charge in [-0.2, -0.15) is 0 Å². The number of nitrogens with zero attached hydrogens (tertiary/aromatic N) is 4. The van der Waals surface area contributed by atoms with Crippen LogP contribution in [0.25, 0.3) is 16.6 Å². The van der Waals surface area contributed by atoms with Gasteiger partial charge in [0.1, 0.15) is 23.8 Å². The lowest BCUT2D eigenvalue weighted by Gasteiger charge is -2.39. The van der Waals surface area contributed by atoms with Gasteiger partial charge in [0.2, 0.25) is 0 Å². The first-order valence-corrected chi connectivity index (χ1v) is 23.7. The fourth-order valence-corrected chi connectivity index (χ4v) is 10.4. The number of hydrogen-bond acceptors (Lipinski definition) is 12. The van der Waals surface area contributed by atoms with E-state index in [1.54, 1.807) is 24.4 Å². The number of carbonyl (C=O) groups excluding carboxylic acids is 1. The number of aromatic nitrogens is 2. The highest BCUT2D eigenvalue weighted by Gasteiger charge is 2.34. The lowest BCUT2D eigenvalue weighted by Crippen LogP contribution is -2.47. The molecule has 1 atom stereocenters. The van der Waals surface area contributed by atoms with Crippen LogP contribution in [-0.4, -0.2) is 92.7 Å². The van der Waals surface area contributed by atoms with Crippen LogP contribution >= 0.6 is 11.6 Å². The Labute approximate surface area is 377 Å². The number of amides is 1. The molecule has 9 rings (SSSR count). The Morgan fingerprint density at radius 1 is 1.05 bits per heavy atom. The van der Waals surface area contributed by atoms with E-state index in [9.17, 15) is 23.3 Å². The van der Waals surface area contributed by atoms with E-state index in [0.29, 0.717) is 30.5 Å².